The molecule has 8 nitrogen and oxygen atoms in total. The van der Waals surface area contributed by atoms with Crippen LogP contribution in [0.1, 0.15) is 30.3 Å². The Balaban J connectivity index is 1.47. The highest BCUT2D eigenvalue weighted by molar-refractivity contribution is 6.04. The van der Waals surface area contributed by atoms with Crippen LogP contribution in [0.4, 0.5) is 24.7 Å². The number of benzene rings is 1. The summed E-state index contributed by atoms with van der Waals surface area (Å²) in [5.74, 6) is -2.61. The summed E-state index contributed by atoms with van der Waals surface area (Å²) in [6.07, 6.45) is 6.87. The zero-order valence-electron chi connectivity index (χ0n) is 19.8. The van der Waals surface area contributed by atoms with Crippen LogP contribution >= 0.6 is 0 Å². The molecule has 2 aromatic heterocycles. The maximum atomic E-state index is 13.5. The third-order valence-electron chi connectivity index (χ3n) is 6.06. The Morgan fingerprint density at radius 3 is 2.51 bits per heavy atom. The lowest BCUT2D eigenvalue weighted by Crippen LogP contribution is -2.53. The molecule has 3 heterocycles. The molecule has 35 heavy (non-hydrogen) atoms. The van der Waals surface area contributed by atoms with Crippen LogP contribution in [0.15, 0.2) is 30.7 Å². The quantitative estimate of drug-likeness (QED) is 0.431. The minimum Gasteiger partial charge on any atom is -0.383 e. The second-order valence-corrected chi connectivity index (χ2v) is 8.42. The molecule has 1 aliphatic rings. The number of methoxy groups -OCH3 is 1. The molecule has 1 aromatic carbocycles. The molecule has 4 rings (SSSR count). The van der Waals surface area contributed by atoms with Crippen molar-refractivity contribution in [3.8, 4) is 0 Å². The molecule has 186 valence electrons. The normalized spacial score (nSPS) is 15.6. The van der Waals surface area contributed by atoms with Crippen molar-refractivity contribution >= 4 is 17.4 Å². The van der Waals surface area contributed by atoms with Crippen LogP contribution in [0.5, 0.6) is 0 Å². The highest BCUT2D eigenvalue weighted by Gasteiger charge is 2.36. The number of anilines is 2. The topological polar surface area (TPSA) is 76.4 Å². The van der Waals surface area contributed by atoms with Crippen molar-refractivity contribution in [2.24, 2.45) is 0 Å². The molecule has 0 spiro atoms. The highest BCUT2D eigenvalue weighted by atomic mass is 19.2. The molecule has 0 bridgehead atoms. The van der Waals surface area contributed by atoms with Gasteiger partial charge in [0.25, 0.3) is 0 Å². The molecule has 0 radical (unpaired) electrons. The molecular weight excluding hydrogens is 461 g/mol. The lowest BCUT2D eigenvalue weighted by molar-refractivity contribution is -0.120. The van der Waals surface area contributed by atoms with Crippen LogP contribution in [0, 0.1) is 17.5 Å². The van der Waals surface area contributed by atoms with E-state index in [2.05, 4.69) is 10.1 Å². The zero-order valence-corrected chi connectivity index (χ0v) is 19.8. The number of aryl methyl sites for hydroxylation is 2. The van der Waals surface area contributed by atoms with E-state index in [0.717, 1.165) is 17.7 Å². The summed E-state index contributed by atoms with van der Waals surface area (Å²) >= 11 is 0. The highest BCUT2D eigenvalue weighted by Crippen LogP contribution is 2.34. The molecular formula is C24H27F3N6O2. The minimum atomic E-state index is -1.48. The number of hydrogen-bond donors (Lipinski definition) is 0. The molecule has 1 amide bonds. The van der Waals surface area contributed by atoms with Crippen LogP contribution in [0.25, 0.3) is 0 Å². The van der Waals surface area contributed by atoms with E-state index in [4.69, 9.17) is 9.72 Å². The summed E-state index contributed by atoms with van der Waals surface area (Å²) in [6, 6.07) is 1.60. The maximum Gasteiger partial charge on any atom is 0.249 e. The van der Waals surface area contributed by atoms with Crippen molar-refractivity contribution in [3.63, 3.8) is 0 Å². The fourth-order valence-corrected chi connectivity index (χ4v) is 4.20. The van der Waals surface area contributed by atoms with Crippen LogP contribution in [0.2, 0.25) is 0 Å². The Morgan fingerprint density at radius 1 is 1.09 bits per heavy atom. The van der Waals surface area contributed by atoms with Gasteiger partial charge in [-0.15, -0.1) is 0 Å². The van der Waals surface area contributed by atoms with E-state index < -0.39 is 17.5 Å². The standard InChI is InChI=1S/C24H27F3N6O2/c1-4-19-24(34)31(2)20-12-28-21(30-23(20)33(19)7-8-35-3)6-5-15-11-29-32(13-15)14-16-9-17(25)22(27)18(26)10-16/h9-13,19H,4-8,14H2,1-3H3/t19-/m0/s1. The molecule has 0 N–H and O–H groups in total. The lowest BCUT2D eigenvalue weighted by atomic mass is 10.1. The van der Waals surface area contributed by atoms with Gasteiger partial charge >= 0.3 is 0 Å². The largest absolute Gasteiger partial charge is 0.383 e. The number of ether oxygens (including phenoxy) is 1. The monoisotopic (exact) mass is 488 g/mol. The smallest absolute Gasteiger partial charge is 0.249 e. The molecule has 0 saturated carbocycles. The molecule has 3 aromatic rings. The van der Waals surface area contributed by atoms with Gasteiger partial charge in [0.2, 0.25) is 5.91 Å². The first-order chi connectivity index (χ1) is 16.8. The van der Waals surface area contributed by atoms with Gasteiger partial charge in [-0.25, -0.2) is 23.1 Å². The average molecular weight is 489 g/mol. The number of halogens is 3. The van der Waals surface area contributed by atoms with E-state index in [9.17, 15) is 18.0 Å². The van der Waals surface area contributed by atoms with Crippen LogP contribution in [0.3, 0.4) is 0 Å². The third kappa shape index (κ3) is 5.14. The first-order valence-electron chi connectivity index (χ1n) is 11.4. The van der Waals surface area contributed by atoms with Gasteiger partial charge in [-0.2, -0.15) is 5.10 Å². The van der Waals surface area contributed by atoms with Gasteiger partial charge < -0.3 is 14.5 Å². The fraction of sp³-hybridized carbons (Fsp3) is 0.417. The van der Waals surface area contributed by atoms with Gasteiger partial charge in [-0.3, -0.25) is 9.48 Å². The van der Waals surface area contributed by atoms with Gasteiger partial charge in [-0.1, -0.05) is 6.92 Å². The van der Waals surface area contributed by atoms with Crippen molar-refractivity contribution in [2.45, 2.75) is 38.8 Å². The number of amides is 1. The predicted molar refractivity (Wildman–Crippen MR) is 124 cm³/mol. The number of nitrogens with zero attached hydrogens (tertiary/aromatic N) is 6. The van der Waals surface area contributed by atoms with Crippen molar-refractivity contribution in [1.82, 2.24) is 19.7 Å². The number of carbonyl (C=O) groups excluding carboxylic acids is 1. The van der Waals surface area contributed by atoms with Gasteiger partial charge in [0.05, 0.1) is 25.5 Å². The molecule has 0 fully saturated rings. The van der Waals surface area contributed by atoms with Gasteiger partial charge in [-0.05, 0) is 36.1 Å². The summed E-state index contributed by atoms with van der Waals surface area (Å²) in [7, 11) is 3.35. The summed E-state index contributed by atoms with van der Waals surface area (Å²) in [5, 5.41) is 4.23. The summed E-state index contributed by atoms with van der Waals surface area (Å²) in [4.78, 5) is 25.6. The Kier molecular flexibility index (Phi) is 7.34. The van der Waals surface area contributed by atoms with Crippen LogP contribution in [-0.4, -0.2) is 59.0 Å². The van der Waals surface area contributed by atoms with E-state index in [1.807, 2.05) is 11.8 Å². The number of fused-ring (bicyclic) bond motifs is 1. The second-order valence-electron chi connectivity index (χ2n) is 8.42. The Morgan fingerprint density at radius 2 is 1.83 bits per heavy atom. The van der Waals surface area contributed by atoms with E-state index in [-0.39, 0.29) is 24.1 Å². The van der Waals surface area contributed by atoms with Crippen molar-refractivity contribution in [1.29, 1.82) is 0 Å². The molecule has 0 aliphatic carbocycles. The molecule has 0 unspecified atom stereocenters. The van der Waals surface area contributed by atoms with Crippen LogP contribution < -0.4 is 9.80 Å². The van der Waals surface area contributed by atoms with Gasteiger partial charge in [0.15, 0.2) is 23.3 Å². The second kappa shape index (κ2) is 10.4. The number of aromatic nitrogens is 4. The van der Waals surface area contributed by atoms with Crippen molar-refractivity contribution in [2.75, 3.05) is 37.1 Å². The predicted octanol–water partition coefficient (Wildman–Crippen LogP) is 3.13. The molecule has 0 saturated heterocycles. The summed E-state index contributed by atoms with van der Waals surface area (Å²) in [6.45, 7) is 3.08. The van der Waals surface area contributed by atoms with Gasteiger partial charge in [0.1, 0.15) is 17.6 Å². The number of likely N-dealkylation sites (N-methyl/N-ethyl adjacent to an activating group) is 1. The average Bonchev–Trinajstić information content (AvgIpc) is 3.29. The third-order valence-corrected chi connectivity index (χ3v) is 6.06. The van der Waals surface area contributed by atoms with Gasteiger partial charge in [0, 0.05) is 33.3 Å². The molecule has 1 atom stereocenters. The maximum absolute atomic E-state index is 13.5. The Labute approximate surface area is 201 Å². The Bertz CT molecular complexity index is 1190. The fourth-order valence-electron chi connectivity index (χ4n) is 4.20. The number of carbonyl (C=O) groups is 1. The Hall–Kier alpha value is -3.47. The molecule has 1 aliphatic heterocycles. The number of rotatable bonds is 9. The van der Waals surface area contributed by atoms with E-state index in [0.29, 0.717) is 49.7 Å². The first-order valence-corrected chi connectivity index (χ1v) is 11.4. The number of hydrogen-bond acceptors (Lipinski definition) is 6. The lowest BCUT2D eigenvalue weighted by Gasteiger charge is -2.40. The molecule has 11 heteroatoms. The van der Waals surface area contributed by atoms with E-state index in [1.165, 1.54) is 4.68 Å². The zero-order chi connectivity index (χ0) is 25.1. The first kappa shape index (κ1) is 24.6. The minimum absolute atomic E-state index is 0.000726. The summed E-state index contributed by atoms with van der Waals surface area (Å²) < 4.78 is 46.9. The van der Waals surface area contributed by atoms with E-state index in [1.54, 1.807) is 37.6 Å². The van der Waals surface area contributed by atoms with Crippen LogP contribution in [-0.2, 0) is 28.9 Å². The van der Waals surface area contributed by atoms with Crippen molar-refractivity contribution < 1.29 is 22.7 Å². The van der Waals surface area contributed by atoms with Crippen molar-refractivity contribution in [3.05, 3.63) is 65.1 Å². The summed E-state index contributed by atoms with van der Waals surface area (Å²) in [5.41, 5.74) is 1.82. The van der Waals surface area contributed by atoms with E-state index >= 15 is 0 Å². The SMILES string of the molecule is CC[C@H]1C(=O)N(C)c2cnc(CCc3cnn(Cc4cc(F)c(F)c(F)c4)c3)nc2N1CCOC.